The fraction of sp³-hybridized carbons (Fsp3) is 0.317. The van der Waals surface area contributed by atoms with Gasteiger partial charge in [-0.1, -0.05) is 123 Å². The summed E-state index contributed by atoms with van der Waals surface area (Å²) in [5, 5.41) is 7.19. The minimum atomic E-state index is -1.17. The molecule has 9 heteroatoms. The van der Waals surface area contributed by atoms with E-state index >= 15 is 0 Å². The van der Waals surface area contributed by atoms with Crippen molar-refractivity contribution in [2.45, 2.75) is 58.4 Å². The first-order valence-electron chi connectivity index (χ1n) is 17.0. The average Bonchev–Trinajstić information content (AvgIpc) is 3.12. The van der Waals surface area contributed by atoms with Gasteiger partial charge in [-0.15, -0.1) is 0 Å². The number of fused-ring (bicyclic) bond motifs is 1. The molecule has 0 saturated heterocycles. The molecule has 0 fully saturated rings. The second-order valence-electron chi connectivity index (χ2n) is 12.9. The van der Waals surface area contributed by atoms with Crippen LogP contribution in [0.5, 0.6) is 0 Å². The third-order valence-electron chi connectivity index (χ3n) is 9.05. The van der Waals surface area contributed by atoms with Gasteiger partial charge in [0.1, 0.15) is 5.78 Å². The monoisotopic (exact) mass is 675 g/mol. The number of hydrogen-bond acceptors (Lipinski definition) is 6. The van der Waals surface area contributed by atoms with Crippen LogP contribution in [0.15, 0.2) is 103 Å². The minimum absolute atomic E-state index is 0.0437. The first kappa shape index (κ1) is 37.4. The molecule has 1 unspecified atom stereocenters. The van der Waals surface area contributed by atoms with Gasteiger partial charge in [0.25, 0.3) is 5.91 Å². The third-order valence-corrected chi connectivity index (χ3v) is 9.05. The van der Waals surface area contributed by atoms with Crippen molar-refractivity contribution in [2.75, 3.05) is 6.54 Å². The van der Waals surface area contributed by atoms with E-state index in [1.54, 1.807) is 6.92 Å². The third kappa shape index (κ3) is 11.1. The molecule has 4 aromatic rings. The number of carbonyl (C=O) groups excluding carboxylic acids is 6. The minimum Gasteiger partial charge on any atom is -0.369 e. The predicted octanol–water partition coefficient (Wildman–Crippen LogP) is 4.72. The number of nitrogens with two attached hydrogens (primary N) is 1. The highest BCUT2D eigenvalue weighted by Crippen LogP contribution is 2.20. The Balaban J connectivity index is 1.38. The zero-order valence-corrected chi connectivity index (χ0v) is 28.6. The van der Waals surface area contributed by atoms with E-state index in [-0.39, 0.29) is 37.9 Å². The Morgan fingerprint density at radius 3 is 1.88 bits per heavy atom. The lowest BCUT2D eigenvalue weighted by molar-refractivity contribution is -0.142. The standard InChI is InChI=1S/C41H45N3O6/c1-3-27(2)37(44-40(49)34(20-28-12-6-4-7-13-28)25-35(45)23-29-14-8-5-9-15-29)38(47)41(50)43-26-36(46)24-33(39(42)48)22-30-18-19-31-16-10-11-17-32(31)21-30/h4-19,21,27,33-34,37H,3,20,22-26H2,1-2H3,(H2,42,48)(H,43,50)(H,44,49)/t27-,33+,34+,37?/m0/s1. The number of amides is 3. The van der Waals surface area contributed by atoms with Gasteiger partial charge in [-0.3, -0.25) is 28.8 Å². The van der Waals surface area contributed by atoms with E-state index < -0.39 is 59.6 Å². The van der Waals surface area contributed by atoms with Crippen LogP contribution in [-0.4, -0.2) is 47.7 Å². The molecule has 260 valence electrons. The molecule has 3 amide bonds. The van der Waals surface area contributed by atoms with Gasteiger partial charge >= 0.3 is 0 Å². The van der Waals surface area contributed by atoms with Gasteiger partial charge in [-0.05, 0) is 46.2 Å². The first-order chi connectivity index (χ1) is 24.0. The summed E-state index contributed by atoms with van der Waals surface area (Å²) >= 11 is 0. The molecule has 0 aliphatic heterocycles. The lowest BCUT2D eigenvalue weighted by Gasteiger charge is -2.25. The quantitative estimate of drug-likeness (QED) is 0.122. The topological polar surface area (TPSA) is 152 Å². The van der Waals surface area contributed by atoms with Crippen LogP contribution in [-0.2, 0) is 48.0 Å². The van der Waals surface area contributed by atoms with Gasteiger partial charge in [0.15, 0.2) is 5.78 Å². The van der Waals surface area contributed by atoms with Crippen molar-refractivity contribution >= 4 is 45.8 Å². The van der Waals surface area contributed by atoms with Gasteiger partial charge in [-0.25, -0.2) is 0 Å². The zero-order valence-electron chi connectivity index (χ0n) is 28.6. The highest BCUT2D eigenvalue weighted by Gasteiger charge is 2.34. The SMILES string of the molecule is CC[C@H](C)C(NC(=O)[C@@H](CC(=O)Cc1ccccc1)Cc1ccccc1)C(=O)C(=O)NCC(=O)C[C@@H](Cc1ccc2ccccc2c1)C(N)=O. The molecule has 9 nitrogen and oxygen atoms in total. The normalized spacial score (nSPS) is 13.4. The number of nitrogens with one attached hydrogen (secondary N) is 2. The van der Waals surface area contributed by atoms with Gasteiger partial charge < -0.3 is 16.4 Å². The Labute approximate surface area is 293 Å². The Kier molecular flexibility index (Phi) is 13.7. The molecule has 4 aromatic carbocycles. The van der Waals surface area contributed by atoms with E-state index in [0.29, 0.717) is 6.42 Å². The van der Waals surface area contributed by atoms with Crippen molar-refractivity contribution in [1.82, 2.24) is 10.6 Å². The summed E-state index contributed by atoms with van der Waals surface area (Å²) < 4.78 is 0. The number of carbonyl (C=O) groups is 6. The Morgan fingerprint density at radius 1 is 0.660 bits per heavy atom. The van der Waals surface area contributed by atoms with Crippen LogP contribution >= 0.6 is 0 Å². The van der Waals surface area contributed by atoms with Crippen molar-refractivity contribution in [2.24, 2.45) is 23.5 Å². The van der Waals surface area contributed by atoms with Crippen molar-refractivity contribution in [3.05, 3.63) is 120 Å². The van der Waals surface area contributed by atoms with E-state index in [2.05, 4.69) is 10.6 Å². The highest BCUT2D eigenvalue weighted by molar-refractivity contribution is 6.38. The summed E-state index contributed by atoms with van der Waals surface area (Å²) in [5.41, 5.74) is 8.18. The Hall–Kier alpha value is -5.44. The van der Waals surface area contributed by atoms with Crippen molar-refractivity contribution in [1.29, 1.82) is 0 Å². The summed E-state index contributed by atoms with van der Waals surface area (Å²) in [6.07, 6.45) is 0.920. The van der Waals surface area contributed by atoms with E-state index in [0.717, 1.165) is 27.5 Å². The number of ketones is 3. The molecular formula is C41H45N3O6. The Bertz CT molecular complexity index is 1810. The van der Waals surface area contributed by atoms with Crippen LogP contribution in [0.4, 0.5) is 0 Å². The largest absolute Gasteiger partial charge is 0.369 e. The van der Waals surface area contributed by atoms with E-state index in [4.69, 9.17) is 5.73 Å². The molecular weight excluding hydrogens is 630 g/mol. The molecule has 0 heterocycles. The maximum atomic E-state index is 13.7. The fourth-order valence-corrected chi connectivity index (χ4v) is 5.98. The number of hydrogen-bond donors (Lipinski definition) is 3. The predicted molar refractivity (Wildman–Crippen MR) is 193 cm³/mol. The molecule has 0 aromatic heterocycles. The van der Waals surface area contributed by atoms with Crippen LogP contribution in [0.1, 0.15) is 49.8 Å². The molecule has 0 bridgehead atoms. The molecule has 4 rings (SSSR count). The maximum Gasteiger partial charge on any atom is 0.289 e. The van der Waals surface area contributed by atoms with Gasteiger partial charge in [0.2, 0.25) is 17.6 Å². The average molecular weight is 676 g/mol. The first-order valence-corrected chi connectivity index (χ1v) is 17.0. The van der Waals surface area contributed by atoms with Gasteiger partial charge in [0.05, 0.1) is 12.6 Å². The van der Waals surface area contributed by atoms with Crippen molar-refractivity contribution < 1.29 is 28.8 Å². The molecule has 0 aliphatic carbocycles. The van der Waals surface area contributed by atoms with E-state index in [9.17, 15) is 28.8 Å². The van der Waals surface area contributed by atoms with Crippen molar-refractivity contribution in [3.8, 4) is 0 Å². The highest BCUT2D eigenvalue weighted by atomic mass is 16.2. The summed E-state index contributed by atoms with van der Waals surface area (Å²) in [7, 11) is 0. The number of benzene rings is 4. The number of primary amides is 1. The smallest absolute Gasteiger partial charge is 0.289 e. The zero-order chi connectivity index (χ0) is 36.0. The van der Waals surface area contributed by atoms with E-state index in [1.807, 2.05) is 110 Å². The second-order valence-corrected chi connectivity index (χ2v) is 12.9. The Morgan fingerprint density at radius 2 is 1.24 bits per heavy atom. The fourth-order valence-electron chi connectivity index (χ4n) is 5.98. The van der Waals surface area contributed by atoms with Crippen LogP contribution in [0.2, 0.25) is 0 Å². The van der Waals surface area contributed by atoms with Crippen LogP contribution < -0.4 is 16.4 Å². The summed E-state index contributed by atoms with van der Waals surface area (Å²) in [5.74, 6) is -5.61. The van der Waals surface area contributed by atoms with Gasteiger partial charge in [0, 0.05) is 31.1 Å². The molecule has 0 saturated carbocycles. The van der Waals surface area contributed by atoms with Crippen LogP contribution in [0.3, 0.4) is 0 Å². The molecule has 50 heavy (non-hydrogen) atoms. The van der Waals surface area contributed by atoms with Crippen LogP contribution in [0.25, 0.3) is 10.8 Å². The van der Waals surface area contributed by atoms with Gasteiger partial charge in [-0.2, -0.15) is 0 Å². The molecule has 4 atom stereocenters. The molecule has 0 radical (unpaired) electrons. The van der Waals surface area contributed by atoms with Crippen molar-refractivity contribution in [3.63, 3.8) is 0 Å². The summed E-state index contributed by atoms with van der Waals surface area (Å²) in [6.45, 7) is 3.11. The summed E-state index contributed by atoms with van der Waals surface area (Å²) in [6, 6.07) is 30.9. The lowest BCUT2D eigenvalue weighted by Crippen LogP contribution is -2.52. The maximum absolute atomic E-state index is 13.7. The lowest BCUT2D eigenvalue weighted by atomic mass is 9.89. The molecule has 0 aliphatic rings. The molecule has 4 N–H and O–H groups in total. The summed E-state index contributed by atoms with van der Waals surface area (Å²) in [4.78, 5) is 78.4. The second kappa shape index (κ2) is 18.4. The number of Topliss-reactive ketones (excluding diaryl/α,β-unsaturated/α-hetero) is 3. The number of rotatable bonds is 19. The van der Waals surface area contributed by atoms with Crippen LogP contribution in [0, 0.1) is 17.8 Å². The van der Waals surface area contributed by atoms with E-state index in [1.165, 1.54) is 0 Å². The molecule has 0 spiro atoms.